The van der Waals surface area contributed by atoms with E-state index in [9.17, 15) is 9.59 Å². The summed E-state index contributed by atoms with van der Waals surface area (Å²) in [5.41, 5.74) is 3.66. The highest BCUT2D eigenvalue weighted by Crippen LogP contribution is 2.30. The molecule has 0 spiro atoms. The lowest BCUT2D eigenvalue weighted by Gasteiger charge is -2.09. The number of hydrogen-bond donors (Lipinski definition) is 2. The molecular weight excluding hydrogens is 504 g/mol. The van der Waals surface area contributed by atoms with Crippen molar-refractivity contribution < 1.29 is 19.1 Å². The molecule has 2 amide bonds. The molecule has 0 aliphatic heterocycles. The molecule has 4 aromatic carbocycles. The van der Waals surface area contributed by atoms with Crippen LogP contribution in [0.5, 0.6) is 11.5 Å². The van der Waals surface area contributed by atoms with Gasteiger partial charge in [0.2, 0.25) is 11.8 Å². The number of amides is 2. The van der Waals surface area contributed by atoms with Crippen LogP contribution in [0.1, 0.15) is 11.1 Å². The number of anilines is 2. The monoisotopic (exact) mass is 532 g/mol. The summed E-state index contributed by atoms with van der Waals surface area (Å²) in [5, 5.41) is 14.2. The third-order valence-corrected chi connectivity index (χ3v) is 5.64. The number of nitrogens with zero attached hydrogens (tertiary/aromatic N) is 2. The highest BCUT2D eigenvalue weighted by atomic mass is 16.5. The topological polar surface area (TPSA) is 101 Å². The van der Waals surface area contributed by atoms with Gasteiger partial charge in [0.15, 0.2) is 0 Å². The molecule has 4 rings (SSSR count). The van der Waals surface area contributed by atoms with E-state index in [1.54, 1.807) is 44.6 Å². The average molecular weight is 533 g/mol. The largest absolute Gasteiger partial charge is 0.497 e. The molecule has 0 unspecified atom stereocenters. The molecule has 0 saturated carbocycles. The summed E-state index contributed by atoms with van der Waals surface area (Å²) >= 11 is 0. The first-order valence-corrected chi connectivity index (χ1v) is 12.4. The molecule has 0 aliphatic rings. The molecule has 40 heavy (non-hydrogen) atoms. The summed E-state index contributed by atoms with van der Waals surface area (Å²) in [6.45, 7) is 0. The first kappa shape index (κ1) is 27.5. The first-order chi connectivity index (χ1) is 19.5. The normalized spacial score (nSPS) is 11.2. The van der Waals surface area contributed by atoms with E-state index in [0.717, 1.165) is 22.6 Å². The van der Waals surface area contributed by atoms with Gasteiger partial charge in [-0.2, -0.15) is 5.11 Å². The second-order valence-electron chi connectivity index (χ2n) is 8.46. The predicted molar refractivity (Wildman–Crippen MR) is 158 cm³/mol. The smallest absolute Gasteiger partial charge is 0.248 e. The Balaban J connectivity index is 1.50. The molecule has 0 radical (unpaired) electrons. The van der Waals surface area contributed by atoms with E-state index < -0.39 is 0 Å². The zero-order valence-corrected chi connectivity index (χ0v) is 22.1. The molecule has 8 nitrogen and oxygen atoms in total. The van der Waals surface area contributed by atoms with Crippen molar-refractivity contribution in [3.05, 3.63) is 120 Å². The summed E-state index contributed by atoms with van der Waals surface area (Å²) in [6.07, 6.45) is 6.24. The van der Waals surface area contributed by atoms with Gasteiger partial charge in [0.25, 0.3) is 0 Å². The lowest BCUT2D eigenvalue weighted by Crippen LogP contribution is -2.10. The Morgan fingerprint density at radius 2 is 1.20 bits per heavy atom. The minimum atomic E-state index is -0.366. The second kappa shape index (κ2) is 13.9. The second-order valence-corrected chi connectivity index (χ2v) is 8.46. The van der Waals surface area contributed by atoms with Crippen LogP contribution in [-0.2, 0) is 9.59 Å². The quantitative estimate of drug-likeness (QED) is 0.164. The predicted octanol–water partition coefficient (Wildman–Crippen LogP) is 7.42. The summed E-state index contributed by atoms with van der Waals surface area (Å²) in [5.74, 6) is 0.772. The van der Waals surface area contributed by atoms with Gasteiger partial charge in [-0.25, -0.2) is 0 Å². The number of benzene rings is 4. The van der Waals surface area contributed by atoms with Crippen LogP contribution in [0.3, 0.4) is 0 Å². The number of carbonyl (C=O) groups excluding carboxylic acids is 2. The molecule has 0 atom stereocenters. The van der Waals surface area contributed by atoms with Crippen LogP contribution in [0.25, 0.3) is 12.2 Å². The number of carbonyl (C=O) groups is 2. The summed E-state index contributed by atoms with van der Waals surface area (Å²) < 4.78 is 10.3. The Hall–Kier alpha value is -5.50. The van der Waals surface area contributed by atoms with Crippen LogP contribution in [-0.4, -0.2) is 26.0 Å². The van der Waals surface area contributed by atoms with Gasteiger partial charge in [-0.1, -0.05) is 42.5 Å². The van der Waals surface area contributed by atoms with Crippen LogP contribution in [0.2, 0.25) is 0 Å². The molecule has 8 heteroatoms. The van der Waals surface area contributed by atoms with Crippen molar-refractivity contribution in [3.63, 3.8) is 0 Å². The summed E-state index contributed by atoms with van der Waals surface area (Å²) in [4.78, 5) is 25.3. The standard InChI is InChI=1S/C32H28N4O4/c1-39-27-15-8-23(9-16-27)12-20-31(37)33-26-14-19-29(36-35-25-6-4-3-5-7-25)30(22-26)34-32(38)21-13-24-10-17-28(40-2)18-11-24/h3-22H,1-2H3,(H,33,37)(H,34,38)/b20-12+,21-13+,36-35?. The fraction of sp³-hybridized carbons (Fsp3) is 0.0625. The number of rotatable bonds is 10. The van der Waals surface area contributed by atoms with Gasteiger partial charge in [0.05, 0.1) is 25.6 Å². The Morgan fingerprint density at radius 3 is 1.75 bits per heavy atom. The molecule has 0 aromatic heterocycles. The highest BCUT2D eigenvalue weighted by Gasteiger charge is 2.08. The van der Waals surface area contributed by atoms with E-state index >= 15 is 0 Å². The van der Waals surface area contributed by atoms with Gasteiger partial charge in [-0.3, -0.25) is 9.59 Å². The maximum absolute atomic E-state index is 12.8. The first-order valence-electron chi connectivity index (χ1n) is 12.4. The van der Waals surface area contributed by atoms with Crippen LogP contribution in [0, 0.1) is 0 Å². The van der Waals surface area contributed by atoms with Gasteiger partial charge in [0, 0.05) is 17.8 Å². The van der Waals surface area contributed by atoms with E-state index in [0.29, 0.717) is 22.7 Å². The van der Waals surface area contributed by atoms with Crippen molar-refractivity contribution in [2.24, 2.45) is 10.2 Å². The van der Waals surface area contributed by atoms with Crippen molar-refractivity contribution in [1.29, 1.82) is 0 Å². The molecule has 0 bridgehead atoms. The number of hydrogen-bond acceptors (Lipinski definition) is 6. The number of ether oxygens (including phenoxy) is 2. The molecule has 0 fully saturated rings. The molecule has 2 N–H and O–H groups in total. The lowest BCUT2D eigenvalue weighted by molar-refractivity contribution is -0.112. The zero-order chi connectivity index (χ0) is 28.2. The van der Waals surface area contributed by atoms with E-state index in [1.165, 1.54) is 12.2 Å². The van der Waals surface area contributed by atoms with E-state index in [2.05, 4.69) is 20.9 Å². The van der Waals surface area contributed by atoms with E-state index in [4.69, 9.17) is 9.47 Å². The third kappa shape index (κ3) is 8.26. The van der Waals surface area contributed by atoms with Crippen LogP contribution >= 0.6 is 0 Å². The summed E-state index contributed by atoms with van der Waals surface area (Å²) in [6, 6.07) is 28.9. The van der Waals surface area contributed by atoms with Crippen molar-refractivity contribution >= 4 is 46.7 Å². The number of azo groups is 1. The van der Waals surface area contributed by atoms with Crippen molar-refractivity contribution in [2.45, 2.75) is 0 Å². The third-order valence-electron chi connectivity index (χ3n) is 5.64. The summed E-state index contributed by atoms with van der Waals surface area (Å²) in [7, 11) is 3.19. The zero-order valence-electron chi connectivity index (χ0n) is 22.1. The molecule has 0 saturated heterocycles. The number of nitrogens with one attached hydrogen (secondary N) is 2. The van der Waals surface area contributed by atoms with Gasteiger partial charge in [-0.05, 0) is 77.9 Å². The fourth-order valence-corrected chi connectivity index (χ4v) is 3.54. The van der Waals surface area contributed by atoms with Gasteiger partial charge < -0.3 is 20.1 Å². The Kier molecular flexibility index (Phi) is 9.55. The number of methoxy groups -OCH3 is 2. The van der Waals surface area contributed by atoms with Crippen LogP contribution in [0.4, 0.5) is 22.7 Å². The Morgan fingerprint density at radius 1 is 0.650 bits per heavy atom. The van der Waals surface area contributed by atoms with E-state index in [1.807, 2.05) is 78.9 Å². The maximum Gasteiger partial charge on any atom is 0.248 e. The molecule has 0 aliphatic carbocycles. The van der Waals surface area contributed by atoms with Crippen molar-refractivity contribution in [2.75, 3.05) is 24.9 Å². The minimum Gasteiger partial charge on any atom is -0.497 e. The Labute approximate surface area is 232 Å². The lowest BCUT2D eigenvalue weighted by atomic mass is 10.2. The van der Waals surface area contributed by atoms with Crippen molar-refractivity contribution in [3.8, 4) is 11.5 Å². The van der Waals surface area contributed by atoms with E-state index in [-0.39, 0.29) is 11.8 Å². The van der Waals surface area contributed by atoms with Crippen LogP contribution < -0.4 is 20.1 Å². The molecular formula is C32H28N4O4. The maximum atomic E-state index is 12.8. The average Bonchev–Trinajstić information content (AvgIpc) is 2.99. The van der Waals surface area contributed by atoms with Gasteiger partial charge in [-0.15, -0.1) is 5.11 Å². The van der Waals surface area contributed by atoms with Gasteiger partial charge in [0.1, 0.15) is 17.2 Å². The van der Waals surface area contributed by atoms with Crippen LogP contribution in [0.15, 0.2) is 119 Å². The molecule has 200 valence electrons. The SMILES string of the molecule is COc1ccc(/C=C/C(=O)Nc2ccc(N=Nc3ccccc3)c(NC(=O)/C=C/c3ccc(OC)cc3)c2)cc1. The molecule has 4 aromatic rings. The Bertz CT molecular complexity index is 1530. The highest BCUT2D eigenvalue weighted by molar-refractivity contribution is 6.05. The van der Waals surface area contributed by atoms with Gasteiger partial charge >= 0.3 is 0 Å². The van der Waals surface area contributed by atoms with Crippen molar-refractivity contribution in [1.82, 2.24) is 0 Å². The fourth-order valence-electron chi connectivity index (χ4n) is 3.54. The molecule has 0 heterocycles. The minimum absolute atomic E-state index is 0.328.